The number of nitrogens with one attached hydrogen (secondary N) is 2. The van der Waals surface area contributed by atoms with Crippen molar-refractivity contribution < 1.29 is 19.4 Å². The molecule has 0 saturated carbocycles. The highest BCUT2D eigenvalue weighted by Gasteiger charge is 2.09. The minimum absolute atomic E-state index is 0.144. The zero-order chi connectivity index (χ0) is 16.1. The monoisotopic (exact) mass is 320 g/mol. The second kappa shape index (κ2) is 6.82. The molecule has 7 heteroatoms. The van der Waals surface area contributed by atoms with E-state index in [0.29, 0.717) is 22.1 Å². The van der Waals surface area contributed by atoms with Crippen LogP contribution in [0.2, 0.25) is 5.02 Å². The molecule has 0 aliphatic heterocycles. The van der Waals surface area contributed by atoms with Crippen LogP contribution in [-0.4, -0.2) is 24.2 Å². The van der Waals surface area contributed by atoms with Crippen molar-refractivity contribution in [3.63, 3.8) is 0 Å². The van der Waals surface area contributed by atoms with Gasteiger partial charge in [-0.1, -0.05) is 11.6 Å². The maximum Gasteiger partial charge on any atom is 0.335 e. The summed E-state index contributed by atoms with van der Waals surface area (Å²) in [5.41, 5.74) is 1.08. The molecule has 3 N–H and O–H groups in total. The highest BCUT2D eigenvalue weighted by atomic mass is 35.5. The number of aromatic carboxylic acids is 1. The van der Waals surface area contributed by atoms with Crippen LogP contribution in [0.4, 0.5) is 16.2 Å². The second-order valence-corrected chi connectivity index (χ2v) is 4.74. The lowest BCUT2D eigenvalue weighted by atomic mass is 10.2. The van der Waals surface area contributed by atoms with E-state index in [0.717, 1.165) is 0 Å². The Labute approximate surface area is 131 Å². The smallest absolute Gasteiger partial charge is 0.335 e. The number of carboxylic acid groups (broad SMARTS) is 1. The van der Waals surface area contributed by atoms with E-state index in [4.69, 9.17) is 21.4 Å². The average molecular weight is 321 g/mol. The molecule has 0 aliphatic carbocycles. The summed E-state index contributed by atoms with van der Waals surface area (Å²) in [6.07, 6.45) is 0. The lowest BCUT2D eigenvalue weighted by Crippen LogP contribution is -2.19. The number of hydrogen-bond acceptors (Lipinski definition) is 3. The molecule has 0 atom stereocenters. The molecule has 0 fully saturated rings. The summed E-state index contributed by atoms with van der Waals surface area (Å²) in [5, 5.41) is 14.5. The van der Waals surface area contributed by atoms with E-state index in [1.807, 2.05) is 0 Å². The minimum atomic E-state index is -1.03. The Kier molecular flexibility index (Phi) is 4.85. The summed E-state index contributed by atoms with van der Waals surface area (Å²) in [4.78, 5) is 22.7. The highest BCUT2D eigenvalue weighted by molar-refractivity contribution is 6.30. The fraction of sp³-hybridized carbons (Fsp3) is 0.0667. The van der Waals surface area contributed by atoms with Gasteiger partial charge in [0.2, 0.25) is 0 Å². The quantitative estimate of drug-likeness (QED) is 0.801. The molecule has 6 nitrogen and oxygen atoms in total. The second-order valence-electron chi connectivity index (χ2n) is 4.31. The van der Waals surface area contributed by atoms with Crippen molar-refractivity contribution in [2.75, 3.05) is 17.7 Å². The lowest BCUT2D eigenvalue weighted by Gasteiger charge is -2.11. The van der Waals surface area contributed by atoms with Crippen LogP contribution in [0.3, 0.4) is 0 Å². The number of benzene rings is 2. The number of carbonyl (C=O) groups is 2. The molecular formula is C15H13ClN2O4. The fourth-order valence-electron chi connectivity index (χ4n) is 1.75. The number of hydrogen-bond donors (Lipinski definition) is 3. The molecule has 0 radical (unpaired) electrons. The third kappa shape index (κ3) is 3.89. The highest BCUT2D eigenvalue weighted by Crippen LogP contribution is 2.27. The Morgan fingerprint density at radius 3 is 2.36 bits per heavy atom. The van der Waals surface area contributed by atoms with Gasteiger partial charge in [0.05, 0.1) is 18.4 Å². The summed E-state index contributed by atoms with van der Waals surface area (Å²) in [7, 11) is 1.47. The SMILES string of the molecule is COc1cc(Cl)ccc1NC(=O)Nc1ccc(C(=O)O)cc1. The number of carboxylic acids is 1. The van der Waals surface area contributed by atoms with Crippen LogP contribution in [0.15, 0.2) is 42.5 Å². The zero-order valence-electron chi connectivity index (χ0n) is 11.6. The molecular weight excluding hydrogens is 308 g/mol. The molecule has 2 amide bonds. The van der Waals surface area contributed by atoms with Crippen LogP contribution < -0.4 is 15.4 Å². The number of methoxy groups -OCH3 is 1. The molecule has 0 bridgehead atoms. The number of amides is 2. The predicted octanol–water partition coefficient (Wildman–Crippen LogP) is 3.69. The predicted molar refractivity (Wildman–Crippen MR) is 84.0 cm³/mol. The van der Waals surface area contributed by atoms with Crippen LogP contribution in [0, 0.1) is 0 Å². The minimum Gasteiger partial charge on any atom is -0.495 e. The first-order valence-corrected chi connectivity index (χ1v) is 6.62. The van der Waals surface area contributed by atoms with Crippen molar-refractivity contribution in [1.29, 1.82) is 0 Å². The summed E-state index contributed by atoms with van der Waals surface area (Å²) < 4.78 is 5.13. The van der Waals surface area contributed by atoms with Crippen molar-refractivity contribution >= 4 is 35.0 Å². The number of anilines is 2. The zero-order valence-corrected chi connectivity index (χ0v) is 12.3. The standard InChI is InChI=1S/C15H13ClN2O4/c1-22-13-8-10(16)4-7-12(13)18-15(21)17-11-5-2-9(3-6-11)14(19)20/h2-8H,1H3,(H,19,20)(H2,17,18,21). The largest absolute Gasteiger partial charge is 0.495 e. The van der Waals surface area contributed by atoms with Gasteiger partial charge in [-0.05, 0) is 36.4 Å². The fourth-order valence-corrected chi connectivity index (χ4v) is 1.91. The van der Waals surface area contributed by atoms with Gasteiger partial charge in [0.15, 0.2) is 0 Å². The number of carbonyl (C=O) groups excluding carboxylic acids is 1. The van der Waals surface area contributed by atoms with Crippen LogP contribution in [-0.2, 0) is 0 Å². The van der Waals surface area contributed by atoms with E-state index in [-0.39, 0.29) is 5.56 Å². The van der Waals surface area contributed by atoms with Crippen molar-refractivity contribution in [1.82, 2.24) is 0 Å². The third-order valence-electron chi connectivity index (χ3n) is 2.80. The van der Waals surface area contributed by atoms with Gasteiger partial charge in [-0.3, -0.25) is 0 Å². The molecule has 2 aromatic rings. The van der Waals surface area contributed by atoms with Crippen LogP contribution in [0.1, 0.15) is 10.4 Å². The molecule has 2 aromatic carbocycles. The van der Waals surface area contributed by atoms with Gasteiger partial charge >= 0.3 is 12.0 Å². The van der Waals surface area contributed by atoms with Gasteiger partial charge < -0.3 is 20.5 Å². The molecule has 0 heterocycles. The number of rotatable bonds is 4. The molecule has 0 aromatic heterocycles. The number of halogens is 1. The maximum absolute atomic E-state index is 11.9. The first kappa shape index (κ1) is 15.7. The molecule has 0 unspecified atom stereocenters. The molecule has 0 saturated heterocycles. The Hall–Kier alpha value is -2.73. The van der Waals surface area contributed by atoms with Crippen LogP contribution in [0.25, 0.3) is 0 Å². The van der Waals surface area contributed by atoms with E-state index in [9.17, 15) is 9.59 Å². The van der Waals surface area contributed by atoms with Gasteiger partial charge in [0.25, 0.3) is 0 Å². The number of ether oxygens (including phenoxy) is 1. The first-order chi connectivity index (χ1) is 10.5. The van der Waals surface area contributed by atoms with Gasteiger partial charge in [-0.25, -0.2) is 9.59 Å². The van der Waals surface area contributed by atoms with Crippen molar-refractivity contribution in [2.45, 2.75) is 0 Å². The molecule has 114 valence electrons. The summed E-state index contributed by atoms with van der Waals surface area (Å²) in [6.45, 7) is 0. The number of urea groups is 1. The van der Waals surface area contributed by atoms with Crippen molar-refractivity contribution in [3.05, 3.63) is 53.1 Å². The molecule has 22 heavy (non-hydrogen) atoms. The van der Waals surface area contributed by atoms with Gasteiger partial charge in [0, 0.05) is 16.8 Å². The molecule has 0 spiro atoms. The average Bonchev–Trinajstić information content (AvgIpc) is 2.49. The topological polar surface area (TPSA) is 87.7 Å². The van der Waals surface area contributed by atoms with Gasteiger partial charge in [0.1, 0.15) is 5.75 Å². The van der Waals surface area contributed by atoms with E-state index in [1.165, 1.54) is 31.4 Å². The molecule has 0 aliphatic rings. The third-order valence-corrected chi connectivity index (χ3v) is 3.04. The van der Waals surface area contributed by atoms with Crippen molar-refractivity contribution in [2.24, 2.45) is 0 Å². The van der Waals surface area contributed by atoms with E-state index >= 15 is 0 Å². The Balaban J connectivity index is 2.05. The normalized spacial score (nSPS) is 9.91. The summed E-state index contributed by atoms with van der Waals surface area (Å²) >= 11 is 5.85. The van der Waals surface area contributed by atoms with Crippen LogP contribution >= 0.6 is 11.6 Å². The Morgan fingerprint density at radius 1 is 1.09 bits per heavy atom. The first-order valence-electron chi connectivity index (χ1n) is 6.24. The van der Waals surface area contributed by atoms with Crippen molar-refractivity contribution in [3.8, 4) is 5.75 Å². The van der Waals surface area contributed by atoms with E-state index in [2.05, 4.69) is 10.6 Å². The lowest BCUT2D eigenvalue weighted by molar-refractivity contribution is 0.0697. The maximum atomic E-state index is 11.9. The van der Waals surface area contributed by atoms with E-state index < -0.39 is 12.0 Å². The van der Waals surface area contributed by atoms with Gasteiger partial charge in [-0.2, -0.15) is 0 Å². The summed E-state index contributed by atoms with van der Waals surface area (Å²) in [5.74, 6) is -0.592. The van der Waals surface area contributed by atoms with Gasteiger partial charge in [-0.15, -0.1) is 0 Å². The van der Waals surface area contributed by atoms with Crippen LogP contribution in [0.5, 0.6) is 5.75 Å². The Morgan fingerprint density at radius 2 is 1.77 bits per heavy atom. The van der Waals surface area contributed by atoms with E-state index in [1.54, 1.807) is 18.2 Å². The Bertz CT molecular complexity index is 701. The molecule has 2 rings (SSSR count). The summed E-state index contributed by atoms with van der Waals surface area (Å²) in [6, 6.07) is 10.2.